The lowest BCUT2D eigenvalue weighted by molar-refractivity contribution is -0.141. The normalized spacial score (nSPS) is 25.5. The summed E-state index contributed by atoms with van der Waals surface area (Å²) in [6.45, 7) is 0.355. The molecule has 3 aromatic carbocycles. The molecule has 0 N–H and O–H groups in total. The van der Waals surface area contributed by atoms with E-state index in [-0.39, 0.29) is 35.5 Å². The number of nitrogens with zero attached hydrogens (tertiary/aromatic N) is 1. The molecule has 2 bridgehead atoms. The number of imide groups is 1. The standard InChI is InChI=1S/C29H23NO2/c31-28-26-22-16-17-23(27(26)29(32)30(28)18-19-10-4-1-5-11-19)25(22)24(20-12-6-2-7-13-20)21-14-8-3-9-15-21/h1-17,22-23,26-27H,18H2/t22-,23-,26+,27+/m1/s1. The van der Waals surface area contributed by atoms with Crippen molar-refractivity contribution in [1.82, 2.24) is 4.90 Å². The van der Waals surface area contributed by atoms with E-state index in [1.54, 1.807) is 0 Å². The van der Waals surface area contributed by atoms with Gasteiger partial charge in [-0.1, -0.05) is 103 Å². The highest BCUT2D eigenvalue weighted by Crippen LogP contribution is 2.58. The molecule has 0 aromatic heterocycles. The summed E-state index contributed by atoms with van der Waals surface area (Å²) >= 11 is 0. The molecule has 1 heterocycles. The van der Waals surface area contributed by atoms with Crippen molar-refractivity contribution in [1.29, 1.82) is 0 Å². The van der Waals surface area contributed by atoms with E-state index in [4.69, 9.17) is 0 Å². The second-order valence-electron chi connectivity index (χ2n) is 8.80. The van der Waals surface area contributed by atoms with Gasteiger partial charge in [-0.15, -0.1) is 0 Å². The highest BCUT2D eigenvalue weighted by molar-refractivity contribution is 6.08. The van der Waals surface area contributed by atoms with Crippen LogP contribution in [0.15, 0.2) is 109 Å². The number of fused-ring (bicyclic) bond motifs is 5. The number of carbonyl (C=O) groups excluding carboxylic acids is 2. The zero-order chi connectivity index (χ0) is 21.7. The van der Waals surface area contributed by atoms with Crippen LogP contribution in [-0.4, -0.2) is 16.7 Å². The van der Waals surface area contributed by atoms with Crippen LogP contribution in [0, 0.1) is 23.7 Å². The van der Waals surface area contributed by atoms with Crippen molar-refractivity contribution in [2.24, 2.45) is 23.7 Å². The second kappa shape index (κ2) is 7.45. The number of benzene rings is 3. The van der Waals surface area contributed by atoms with Crippen LogP contribution in [0.2, 0.25) is 0 Å². The van der Waals surface area contributed by atoms with Gasteiger partial charge in [0.1, 0.15) is 0 Å². The molecule has 3 nitrogen and oxygen atoms in total. The molecule has 2 amide bonds. The number of amides is 2. The van der Waals surface area contributed by atoms with Crippen molar-refractivity contribution in [3.05, 3.63) is 125 Å². The maximum Gasteiger partial charge on any atom is 0.234 e. The van der Waals surface area contributed by atoms with Gasteiger partial charge in [-0.2, -0.15) is 0 Å². The third-order valence-electron chi connectivity index (χ3n) is 7.10. The molecule has 3 aromatic rings. The quantitative estimate of drug-likeness (QED) is 0.437. The Morgan fingerprint density at radius 3 is 1.53 bits per heavy atom. The lowest BCUT2D eigenvalue weighted by atomic mass is 9.85. The number of rotatable bonds is 4. The molecule has 3 aliphatic rings. The van der Waals surface area contributed by atoms with Gasteiger partial charge in [-0.25, -0.2) is 0 Å². The molecule has 0 spiro atoms. The van der Waals surface area contributed by atoms with E-state index in [1.165, 1.54) is 10.5 Å². The smallest absolute Gasteiger partial charge is 0.234 e. The first kappa shape index (κ1) is 19.0. The van der Waals surface area contributed by atoms with E-state index in [0.717, 1.165) is 22.3 Å². The number of likely N-dealkylation sites (tertiary alicyclic amines) is 1. The van der Waals surface area contributed by atoms with Gasteiger partial charge in [-0.3, -0.25) is 14.5 Å². The minimum atomic E-state index is -0.293. The van der Waals surface area contributed by atoms with Crippen LogP contribution in [0.4, 0.5) is 0 Å². The third-order valence-corrected chi connectivity index (χ3v) is 7.10. The van der Waals surface area contributed by atoms with Crippen LogP contribution in [-0.2, 0) is 16.1 Å². The van der Waals surface area contributed by atoms with Crippen molar-refractivity contribution < 1.29 is 9.59 Å². The Morgan fingerprint density at radius 2 is 1.06 bits per heavy atom. The molecule has 6 rings (SSSR count). The zero-order valence-electron chi connectivity index (χ0n) is 17.6. The predicted molar refractivity (Wildman–Crippen MR) is 124 cm³/mol. The summed E-state index contributed by atoms with van der Waals surface area (Å²) in [5, 5.41) is 0. The lowest BCUT2D eigenvalue weighted by Crippen LogP contribution is -2.32. The highest BCUT2D eigenvalue weighted by Gasteiger charge is 2.62. The second-order valence-corrected chi connectivity index (χ2v) is 8.80. The maximum absolute atomic E-state index is 13.5. The van der Waals surface area contributed by atoms with Gasteiger partial charge in [-0.05, 0) is 27.8 Å². The van der Waals surface area contributed by atoms with Crippen LogP contribution in [0.1, 0.15) is 16.7 Å². The van der Waals surface area contributed by atoms with E-state index >= 15 is 0 Å². The van der Waals surface area contributed by atoms with E-state index in [9.17, 15) is 9.59 Å². The third kappa shape index (κ3) is 2.81. The van der Waals surface area contributed by atoms with Gasteiger partial charge in [0.05, 0.1) is 18.4 Å². The molecule has 1 saturated heterocycles. The predicted octanol–water partition coefficient (Wildman–Crippen LogP) is 5.11. The van der Waals surface area contributed by atoms with E-state index in [0.29, 0.717) is 6.54 Å². The fourth-order valence-corrected chi connectivity index (χ4v) is 5.79. The van der Waals surface area contributed by atoms with Gasteiger partial charge in [0.25, 0.3) is 0 Å². The monoisotopic (exact) mass is 417 g/mol. The summed E-state index contributed by atoms with van der Waals surface area (Å²) in [7, 11) is 0. The summed E-state index contributed by atoms with van der Waals surface area (Å²) in [6.07, 6.45) is 4.31. The zero-order valence-corrected chi connectivity index (χ0v) is 17.6. The van der Waals surface area contributed by atoms with Gasteiger partial charge in [0.2, 0.25) is 11.8 Å². The van der Waals surface area contributed by atoms with Crippen molar-refractivity contribution in [2.45, 2.75) is 6.54 Å². The molecule has 2 fully saturated rings. The van der Waals surface area contributed by atoms with Crippen molar-refractivity contribution in [3.63, 3.8) is 0 Å². The molecule has 2 aliphatic carbocycles. The molecular weight excluding hydrogens is 394 g/mol. The summed E-state index contributed by atoms with van der Waals surface area (Å²) in [4.78, 5) is 28.4. The first-order valence-corrected chi connectivity index (χ1v) is 11.2. The summed E-state index contributed by atoms with van der Waals surface area (Å²) in [5.74, 6) is -0.704. The molecule has 1 saturated carbocycles. The number of hydrogen-bond acceptors (Lipinski definition) is 2. The Hall–Kier alpha value is -3.72. The van der Waals surface area contributed by atoms with E-state index in [2.05, 4.69) is 36.4 Å². The minimum Gasteiger partial charge on any atom is -0.278 e. The van der Waals surface area contributed by atoms with Crippen molar-refractivity contribution in [2.75, 3.05) is 0 Å². The van der Waals surface area contributed by atoms with Crippen LogP contribution >= 0.6 is 0 Å². The first-order valence-electron chi connectivity index (χ1n) is 11.2. The lowest BCUT2D eigenvalue weighted by Gasteiger charge is -2.21. The SMILES string of the molecule is O=C1[C@@H]2[C@@H](C(=O)N1Cc1ccccc1)[C@@H]1C=C[C@@H]2C1=C(c1ccccc1)c1ccccc1. The largest absolute Gasteiger partial charge is 0.278 e. The van der Waals surface area contributed by atoms with Crippen molar-refractivity contribution in [3.8, 4) is 0 Å². The molecule has 4 atom stereocenters. The fourth-order valence-electron chi connectivity index (χ4n) is 5.79. The highest BCUT2D eigenvalue weighted by atomic mass is 16.2. The van der Waals surface area contributed by atoms with Gasteiger partial charge >= 0.3 is 0 Å². The van der Waals surface area contributed by atoms with E-state index < -0.39 is 0 Å². The summed E-state index contributed by atoms with van der Waals surface area (Å²) in [6, 6.07) is 30.5. The van der Waals surface area contributed by atoms with Crippen LogP contribution in [0.3, 0.4) is 0 Å². The molecule has 156 valence electrons. The Bertz CT molecular complexity index is 1170. The molecule has 0 unspecified atom stereocenters. The fraction of sp³-hybridized carbons (Fsp3) is 0.172. The molecule has 32 heavy (non-hydrogen) atoms. The number of allylic oxidation sites excluding steroid dienone is 3. The topological polar surface area (TPSA) is 37.4 Å². The van der Waals surface area contributed by atoms with Crippen LogP contribution in [0.25, 0.3) is 5.57 Å². The maximum atomic E-state index is 13.5. The van der Waals surface area contributed by atoms with Crippen LogP contribution in [0.5, 0.6) is 0 Å². The van der Waals surface area contributed by atoms with Gasteiger partial charge < -0.3 is 0 Å². The molecule has 0 radical (unpaired) electrons. The average Bonchev–Trinajstić information content (AvgIpc) is 3.47. The van der Waals surface area contributed by atoms with E-state index in [1.807, 2.05) is 66.7 Å². The molecular formula is C29H23NO2. The number of carbonyl (C=O) groups is 2. The molecule has 3 heteroatoms. The average molecular weight is 418 g/mol. The molecule has 1 aliphatic heterocycles. The summed E-state index contributed by atoms with van der Waals surface area (Å²) in [5.41, 5.74) is 5.63. The van der Waals surface area contributed by atoms with Crippen LogP contribution < -0.4 is 0 Å². The van der Waals surface area contributed by atoms with Gasteiger partial charge in [0, 0.05) is 11.8 Å². The Kier molecular flexibility index (Phi) is 4.43. The minimum absolute atomic E-state index is 0.0290. The Morgan fingerprint density at radius 1 is 0.625 bits per heavy atom. The Balaban J connectivity index is 1.44. The first-order chi connectivity index (χ1) is 15.7. The van der Waals surface area contributed by atoms with Crippen molar-refractivity contribution >= 4 is 17.4 Å². The summed E-state index contributed by atoms with van der Waals surface area (Å²) < 4.78 is 0. The van der Waals surface area contributed by atoms with Gasteiger partial charge in [0.15, 0.2) is 0 Å². The number of hydrogen-bond donors (Lipinski definition) is 0. The Labute approximate surface area is 187 Å².